The molecule has 2 aromatic carbocycles. The second-order valence-corrected chi connectivity index (χ2v) is 8.64. The Kier molecular flexibility index (Phi) is 5.31. The number of hydrogen-bond donors (Lipinski definition) is 2. The van der Waals surface area contributed by atoms with Crippen molar-refractivity contribution in [3.05, 3.63) is 59.2 Å². The highest BCUT2D eigenvalue weighted by Crippen LogP contribution is 2.36. The molecule has 0 fully saturated rings. The molecule has 0 radical (unpaired) electrons. The van der Waals surface area contributed by atoms with E-state index in [0.29, 0.717) is 10.9 Å². The van der Waals surface area contributed by atoms with Gasteiger partial charge in [-0.15, -0.1) is 0 Å². The molecule has 2 aliphatic rings. The first kappa shape index (κ1) is 18.9. The summed E-state index contributed by atoms with van der Waals surface area (Å²) in [5.41, 5.74) is 10.2. The predicted octanol–water partition coefficient (Wildman–Crippen LogP) is 3.86. The van der Waals surface area contributed by atoms with Crippen molar-refractivity contribution >= 4 is 28.5 Å². The number of rotatable bonds is 5. The number of fused-ring (bicyclic) bond motifs is 1. The minimum Gasteiger partial charge on any atom is -0.484 e. The van der Waals surface area contributed by atoms with Gasteiger partial charge in [-0.2, -0.15) is 0 Å². The monoisotopic (exact) mass is 395 g/mol. The van der Waals surface area contributed by atoms with E-state index < -0.39 is 0 Å². The lowest BCUT2D eigenvalue weighted by Gasteiger charge is -2.30. The summed E-state index contributed by atoms with van der Waals surface area (Å²) in [6, 6.07) is 13.9. The number of carbonyl (C=O) groups excluding carboxylic acids is 1. The largest absolute Gasteiger partial charge is 0.484 e. The normalized spacial score (nSPS) is 21.0. The van der Waals surface area contributed by atoms with Crippen LogP contribution in [0.5, 0.6) is 5.75 Å². The van der Waals surface area contributed by atoms with Crippen LogP contribution in [0.1, 0.15) is 36.5 Å². The van der Waals surface area contributed by atoms with E-state index in [4.69, 9.17) is 10.5 Å². The third-order valence-corrected chi connectivity index (χ3v) is 6.20. The summed E-state index contributed by atoms with van der Waals surface area (Å²) >= 11 is 1.59. The number of aliphatic imine (C=N–C) groups is 1. The molecule has 1 unspecified atom stereocenters. The molecule has 3 N–H and O–H groups in total. The molecule has 1 aliphatic carbocycles. The summed E-state index contributed by atoms with van der Waals surface area (Å²) in [5.74, 6) is 1.45. The fourth-order valence-electron chi connectivity index (χ4n) is 3.81. The Morgan fingerprint density at radius 3 is 2.96 bits per heavy atom. The molecule has 0 aromatic heterocycles. The van der Waals surface area contributed by atoms with Gasteiger partial charge in [-0.1, -0.05) is 30.0 Å². The smallest absolute Gasteiger partial charge is 0.262 e. The second-order valence-electron chi connectivity index (χ2n) is 7.52. The van der Waals surface area contributed by atoms with Crippen molar-refractivity contribution in [2.75, 3.05) is 17.7 Å². The van der Waals surface area contributed by atoms with Gasteiger partial charge in [0.2, 0.25) is 0 Å². The molecular formula is C22H25N3O2S. The van der Waals surface area contributed by atoms with E-state index in [0.717, 1.165) is 36.3 Å². The van der Waals surface area contributed by atoms with Crippen molar-refractivity contribution in [2.45, 2.75) is 38.1 Å². The van der Waals surface area contributed by atoms with Gasteiger partial charge in [0.05, 0.1) is 5.54 Å². The number of thioether (sulfide) groups is 1. The van der Waals surface area contributed by atoms with Gasteiger partial charge in [0.15, 0.2) is 11.8 Å². The molecule has 4 rings (SSSR count). The summed E-state index contributed by atoms with van der Waals surface area (Å²) in [7, 11) is 0. The summed E-state index contributed by atoms with van der Waals surface area (Å²) in [6.45, 7) is 2.05. The molecule has 1 atom stereocenters. The lowest BCUT2D eigenvalue weighted by atomic mass is 9.90. The van der Waals surface area contributed by atoms with Crippen molar-refractivity contribution in [3.8, 4) is 5.75 Å². The molecule has 0 saturated heterocycles. The predicted molar refractivity (Wildman–Crippen MR) is 115 cm³/mol. The van der Waals surface area contributed by atoms with Crippen LogP contribution >= 0.6 is 11.8 Å². The third kappa shape index (κ3) is 4.17. The molecule has 6 heteroatoms. The van der Waals surface area contributed by atoms with Crippen molar-refractivity contribution < 1.29 is 9.53 Å². The summed E-state index contributed by atoms with van der Waals surface area (Å²) in [4.78, 5) is 16.9. The van der Waals surface area contributed by atoms with Gasteiger partial charge in [0.25, 0.3) is 5.91 Å². The number of carbonyl (C=O) groups is 1. The van der Waals surface area contributed by atoms with Gasteiger partial charge in [-0.05, 0) is 73.6 Å². The van der Waals surface area contributed by atoms with Crippen molar-refractivity contribution in [3.63, 3.8) is 0 Å². The van der Waals surface area contributed by atoms with Gasteiger partial charge < -0.3 is 15.8 Å². The number of anilines is 1. The van der Waals surface area contributed by atoms with Crippen molar-refractivity contribution in [1.29, 1.82) is 0 Å². The van der Waals surface area contributed by atoms with Crippen LogP contribution < -0.4 is 15.8 Å². The quantitative estimate of drug-likeness (QED) is 0.806. The van der Waals surface area contributed by atoms with E-state index in [2.05, 4.69) is 29.4 Å². The summed E-state index contributed by atoms with van der Waals surface area (Å²) < 4.78 is 5.74. The average Bonchev–Trinajstić information content (AvgIpc) is 3.14. The second kappa shape index (κ2) is 7.87. The summed E-state index contributed by atoms with van der Waals surface area (Å²) in [6.07, 6.45) is 4.34. The molecule has 0 saturated carbocycles. The highest BCUT2D eigenvalue weighted by molar-refractivity contribution is 8.13. The third-order valence-electron chi connectivity index (χ3n) is 5.40. The van der Waals surface area contributed by atoms with Gasteiger partial charge in [0.1, 0.15) is 5.75 Å². The molecule has 5 nitrogen and oxygen atoms in total. The highest BCUT2D eigenvalue weighted by atomic mass is 32.2. The number of nitrogens with zero attached hydrogens (tertiary/aromatic N) is 1. The van der Waals surface area contributed by atoms with Gasteiger partial charge in [-0.25, -0.2) is 0 Å². The lowest BCUT2D eigenvalue weighted by molar-refractivity contribution is -0.118. The lowest BCUT2D eigenvalue weighted by Crippen LogP contribution is -2.28. The molecule has 28 heavy (non-hydrogen) atoms. The highest BCUT2D eigenvalue weighted by Gasteiger charge is 2.29. The van der Waals surface area contributed by atoms with Crippen LogP contribution in [-0.4, -0.2) is 23.4 Å². The topological polar surface area (TPSA) is 76.7 Å². The van der Waals surface area contributed by atoms with Gasteiger partial charge >= 0.3 is 0 Å². The van der Waals surface area contributed by atoms with Gasteiger partial charge in [-0.3, -0.25) is 9.79 Å². The van der Waals surface area contributed by atoms with E-state index in [1.165, 1.54) is 17.5 Å². The van der Waals surface area contributed by atoms with E-state index in [1.807, 2.05) is 30.3 Å². The number of nitrogens with one attached hydrogen (secondary N) is 1. The van der Waals surface area contributed by atoms with E-state index in [1.54, 1.807) is 11.8 Å². The number of aryl methyl sites for hydroxylation is 2. The van der Waals surface area contributed by atoms with Crippen LogP contribution in [0, 0.1) is 0 Å². The van der Waals surface area contributed by atoms with E-state index in [9.17, 15) is 4.79 Å². The number of benzene rings is 2. The van der Waals surface area contributed by atoms with Crippen molar-refractivity contribution in [1.82, 2.24) is 0 Å². The molecule has 0 spiro atoms. The van der Waals surface area contributed by atoms with E-state index >= 15 is 0 Å². The molecule has 1 heterocycles. The van der Waals surface area contributed by atoms with Crippen molar-refractivity contribution in [2.24, 2.45) is 10.7 Å². The Hall–Kier alpha value is -2.47. The maximum Gasteiger partial charge on any atom is 0.262 e. The number of amidine groups is 1. The maximum atomic E-state index is 12.3. The fraction of sp³-hybridized carbons (Fsp3) is 0.364. The zero-order valence-corrected chi connectivity index (χ0v) is 16.8. The number of nitrogens with two attached hydrogens (primary N) is 1. The molecule has 1 aliphatic heterocycles. The number of amides is 1. The Bertz CT molecular complexity index is 928. The minimum absolute atomic E-state index is 0.0293. The minimum atomic E-state index is -0.346. The van der Waals surface area contributed by atoms with Crippen LogP contribution in [0.15, 0.2) is 47.5 Å². The zero-order chi connectivity index (χ0) is 19.6. The maximum absolute atomic E-state index is 12.3. The Morgan fingerprint density at radius 1 is 1.25 bits per heavy atom. The standard InChI is InChI=1S/C22H25N3O2S/c1-22(10-11-28-21(23)25-22)17-6-3-7-19(13-17)27-14-20(26)24-18-9-8-15-4-2-5-16(15)12-18/h3,6-9,12-13H,2,4-5,10-11,14H2,1H3,(H2,23,25)(H,24,26). The molecule has 146 valence electrons. The molecular weight excluding hydrogens is 370 g/mol. The fourth-order valence-corrected chi connectivity index (χ4v) is 4.79. The van der Waals surface area contributed by atoms with Crippen LogP contribution in [0.3, 0.4) is 0 Å². The average molecular weight is 396 g/mol. The number of hydrogen-bond acceptors (Lipinski definition) is 5. The van der Waals surface area contributed by atoms with Crippen LogP contribution in [-0.2, 0) is 23.2 Å². The first-order chi connectivity index (χ1) is 13.5. The molecule has 0 bridgehead atoms. The number of ether oxygens (including phenoxy) is 1. The Labute approximate surface area is 169 Å². The van der Waals surface area contributed by atoms with Crippen LogP contribution in [0.4, 0.5) is 5.69 Å². The van der Waals surface area contributed by atoms with Gasteiger partial charge in [0, 0.05) is 11.4 Å². The van der Waals surface area contributed by atoms with E-state index in [-0.39, 0.29) is 18.1 Å². The Morgan fingerprint density at radius 2 is 2.11 bits per heavy atom. The molecule has 2 aromatic rings. The Balaban J connectivity index is 1.38. The van der Waals surface area contributed by atoms with Crippen LogP contribution in [0.25, 0.3) is 0 Å². The first-order valence-electron chi connectivity index (χ1n) is 9.65. The van der Waals surface area contributed by atoms with Crippen LogP contribution in [0.2, 0.25) is 0 Å². The SMILES string of the molecule is CC1(c2cccc(OCC(=O)Nc3ccc4c(c3)CCC4)c2)CCSC(N)=N1. The zero-order valence-electron chi connectivity index (χ0n) is 16.0. The molecule has 1 amide bonds. The summed E-state index contributed by atoms with van der Waals surface area (Å²) in [5, 5.41) is 3.55. The first-order valence-corrected chi connectivity index (χ1v) is 10.6.